The van der Waals surface area contributed by atoms with Crippen LogP contribution in [-0.2, 0) is 14.8 Å². The summed E-state index contributed by atoms with van der Waals surface area (Å²) >= 11 is 1.76. The SMILES string of the molecule is CC[C@@H](C(=O)NCCSC(C)(C)C)N(c1ccccc1)S(C)(=O)=O. The molecule has 0 saturated heterocycles. The molecule has 0 aliphatic rings. The van der Waals surface area contributed by atoms with Crippen LogP contribution in [0, 0.1) is 0 Å². The van der Waals surface area contributed by atoms with Crippen LogP contribution in [0.5, 0.6) is 0 Å². The van der Waals surface area contributed by atoms with Gasteiger partial charge in [-0.3, -0.25) is 9.10 Å². The number of rotatable bonds is 8. The molecule has 136 valence electrons. The summed E-state index contributed by atoms with van der Waals surface area (Å²) in [6, 6.07) is 7.99. The molecule has 1 amide bonds. The molecule has 7 heteroatoms. The Morgan fingerprint density at radius 3 is 2.29 bits per heavy atom. The minimum absolute atomic E-state index is 0.137. The van der Waals surface area contributed by atoms with Crippen molar-refractivity contribution in [2.75, 3.05) is 22.9 Å². The molecule has 1 aromatic rings. The summed E-state index contributed by atoms with van der Waals surface area (Å²) in [5, 5.41) is 2.86. The van der Waals surface area contributed by atoms with E-state index in [1.54, 1.807) is 36.0 Å². The number of nitrogens with zero attached hydrogens (tertiary/aromatic N) is 1. The minimum atomic E-state index is -3.56. The first kappa shape index (κ1) is 20.8. The first-order chi connectivity index (χ1) is 11.1. The van der Waals surface area contributed by atoms with Gasteiger partial charge < -0.3 is 5.32 Å². The van der Waals surface area contributed by atoms with Gasteiger partial charge in [0.05, 0.1) is 11.9 Å². The van der Waals surface area contributed by atoms with Gasteiger partial charge in [-0.2, -0.15) is 11.8 Å². The van der Waals surface area contributed by atoms with Crippen LogP contribution in [0.15, 0.2) is 30.3 Å². The average Bonchev–Trinajstić information content (AvgIpc) is 2.47. The highest BCUT2D eigenvalue weighted by atomic mass is 32.2. The number of hydrogen-bond donors (Lipinski definition) is 1. The summed E-state index contributed by atoms with van der Waals surface area (Å²) in [6.07, 6.45) is 1.53. The Kier molecular flexibility index (Phi) is 7.60. The number of carbonyl (C=O) groups excluding carboxylic acids is 1. The van der Waals surface area contributed by atoms with Crippen LogP contribution in [-0.4, -0.2) is 43.7 Å². The number of sulfonamides is 1. The maximum Gasteiger partial charge on any atom is 0.243 e. The standard InChI is InChI=1S/C17H28N2O3S2/c1-6-15(16(20)18-12-13-23-17(2,3)4)19(24(5,21)22)14-10-8-7-9-11-14/h7-11,15H,6,12-13H2,1-5H3,(H,18,20)/t15-/m0/s1. The Hall–Kier alpha value is -1.21. The van der Waals surface area contributed by atoms with Crippen LogP contribution in [0.1, 0.15) is 34.1 Å². The van der Waals surface area contributed by atoms with E-state index in [-0.39, 0.29) is 10.7 Å². The van der Waals surface area contributed by atoms with Crippen molar-refractivity contribution in [3.63, 3.8) is 0 Å². The molecule has 5 nitrogen and oxygen atoms in total. The molecule has 1 atom stereocenters. The Labute approximate surface area is 150 Å². The second kappa shape index (κ2) is 8.76. The Bertz CT molecular complexity index is 625. The van der Waals surface area contributed by atoms with Crippen LogP contribution in [0.2, 0.25) is 0 Å². The zero-order chi connectivity index (χ0) is 18.4. The fraction of sp³-hybridized carbons (Fsp3) is 0.588. The van der Waals surface area contributed by atoms with Gasteiger partial charge in [-0.15, -0.1) is 0 Å². The van der Waals surface area contributed by atoms with Crippen LogP contribution in [0.25, 0.3) is 0 Å². The molecule has 0 fully saturated rings. The van der Waals surface area contributed by atoms with E-state index in [1.165, 1.54) is 4.31 Å². The highest BCUT2D eigenvalue weighted by Gasteiger charge is 2.31. The molecular formula is C17H28N2O3S2. The summed E-state index contributed by atoms with van der Waals surface area (Å²) in [5.41, 5.74) is 0.506. The number of nitrogens with one attached hydrogen (secondary N) is 1. The molecule has 0 radical (unpaired) electrons. The monoisotopic (exact) mass is 372 g/mol. The zero-order valence-corrected chi connectivity index (χ0v) is 16.7. The number of carbonyl (C=O) groups is 1. The Morgan fingerprint density at radius 2 is 1.83 bits per heavy atom. The minimum Gasteiger partial charge on any atom is -0.353 e. The predicted octanol–water partition coefficient (Wildman–Crippen LogP) is 2.88. The van der Waals surface area contributed by atoms with Crippen LogP contribution < -0.4 is 9.62 Å². The second-order valence-electron chi connectivity index (χ2n) is 6.57. The van der Waals surface area contributed by atoms with Gasteiger partial charge in [0.25, 0.3) is 0 Å². The number of thioether (sulfide) groups is 1. The van der Waals surface area contributed by atoms with Gasteiger partial charge in [0, 0.05) is 17.0 Å². The summed E-state index contributed by atoms with van der Waals surface area (Å²) in [4.78, 5) is 12.5. The van der Waals surface area contributed by atoms with E-state index in [4.69, 9.17) is 0 Å². The summed E-state index contributed by atoms with van der Waals surface area (Å²) in [6.45, 7) is 8.69. The van der Waals surface area contributed by atoms with Gasteiger partial charge in [0.1, 0.15) is 6.04 Å². The molecular weight excluding hydrogens is 344 g/mol. The van der Waals surface area contributed by atoms with Gasteiger partial charge in [0.15, 0.2) is 0 Å². The Balaban J connectivity index is 2.85. The normalized spacial score (nSPS) is 13.4. The lowest BCUT2D eigenvalue weighted by Gasteiger charge is -2.30. The lowest BCUT2D eigenvalue weighted by atomic mass is 10.2. The highest BCUT2D eigenvalue weighted by Crippen LogP contribution is 2.23. The van der Waals surface area contributed by atoms with Crippen molar-refractivity contribution < 1.29 is 13.2 Å². The maximum atomic E-state index is 12.5. The quantitative estimate of drug-likeness (QED) is 0.713. The topological polar surface area (TPSA) is 66.5 Å². The number of benzene rings is 1. The second-order valence-corrected chi connectivity index (χ2v) is 10.4. The van der Waals surface area contributed by atoms with E-state index in [1.807, 2.05) is 13.0 Å². The van der Waals surface area contributed by atoms with Gasteiger partial charge in [-0.1, -0.05) is 45.9 Å². The molecule has 0 saturated carbocycles. The van der Waals surface area contributed by atoms with Crippen molar-refractivity contribution in [3.8, 4) is 0 Å². The van der Waals surface area contributed by atoms with Gasteiger partial charge in [0.2, 0.25) is 15.9 Å². The molecule has 1 aromatic carbocycles. The molecule has 0 aliphatic carbocycles. The van der Waals surface area contributed by atoms with Crippen molar-refractivity contribution in [1.29, 1.82) is 0 Å². The summed E-state index contributed by atoms with van der Waals surface area (Å²) < 4.78 is 25.8. The van der Waals surface area contributed by atoms with E-state index in [0.717, 1.165) is 12.0 Å². The molecule has 1 rings (SSSR count). The largest absolute Gasteiger partial charge is 0.353 e. The van der Waals surface area contributed by atoms with E-state index in [0.29, 0.717) is 18.7 Å². The fourth-order valence-electron chi connectivity index (χ4n) is 2.28. The molecule has 24 heavy (non-hydrogen) atoms. The van der Waals surface area contributed by atoms with Crippen LogP contribution >= 0.6 is 11.8 Å². The molecule has 0 unspecified atom stereocenters. The van der Waals surface area contributed by atoms with Crippen molar-refractivity contribution in [2.45, 2.75) is 44.9 Å². The van der Waals surface area contributed by atoms with E-state index >= 15 is 0 Å². The molecule has 1 N–H and O–H groups in total. The smallest absolute Gasteiger partial charge is 0.243 e. The van der Waals surface area contributed by atoms with Crippen molar-refractivity contribution in [3.05, 3.63) is 30.3 Å². The lowest BCUT2D eigenvalue weighted by Crippen LogP contribution is -2.49. The van der Waals surface area contributed by atoms with Crippen molar-refractivity contribution in [1.82, 2.24) is 5.32 Å². The van der Waals surface area contributed by atoms with E-state index in [2.05, 4.69) is 26.1 Å². The maximum absolute atomic E-state index is 12.5. The molecule has 0 heterocycles. The van der Waals surface area contributed by atoms with Crippen LogP contribution in [0.4, 0.5) is 5.69 Å². The third-order valence-electron chi connectivity index (χ3n) is 3.28. The van der Waals surface area contributed by atoms with Gasteiger partial charge in [-0.05, 0) is 18.6 Å². The molecule has 0 bridgehead atoms. The fourth-order valence-corrected chi connectivity index (χ4v) is 4.31. The first-order valence-corrected chi connectivity index (χ1v) is 10.9. The Morgan fingerprint density at radius 1 is 1.25 bits per heavy atom. The predicted molar refractivity (Wildman–Crippen MR) is 103 cm³/mol. The number of hydrogen-bond acceptors (Lipinski definition) is 4. The number of amides is 1. The van der Waals surface area contributed by atoms with E-state index in [9.17, 15) is 13.2 Å². The molecule has 0 aromatic heterocycles. The number of para-hydroxylation sites is 1. The third-order valence-corrected chi connectivity index (χ3v) is 5.73. The van der Waals surface area contributed by atoms with Crippen molar-refractivity contribution in [2.24, 2.45) is 0 Å². The molecule has 0 aliphatic heterocycles. The zero-order valence-electron chi connectivity index (χ0n) is 15.1. The first-order valence-electron chi connectivity index (χ1n) is 8.02. The number of anilines is 1. The van der Waals surface area contributed by atoms with Crippen molar-refractivity contribution >= 4 is 33.4 Å². The molecule has 0 spiro atoms. The summed E-state index contributed by atoms with van der Waals surface area (Å²) in [5.74, 6) is 0.525. The third kappa shape index (κ3) is 6.73. The average molecular weight is 373 g/mol. The van der Waals surface area contributed by atoms with Gasteiger partial charge >= 0.3 is 0 Å². The summed E-state index contributed by atoms with van der Waals surface area (Å²) in [7, 11) is -3.56. The van der Waals surface area contributed by atoms with Gasteiger partial charge in [-0.25, -0.2) is 8.42 Å². The highest BCUT2D eigenvalue weighted by molar-refractivity contribution is 8.00. The van der Waals surface area contributed by atoms with E-state index < -0.39 is 16.1 Å². The lowest BCUT2D eigenvalue weighted by molar-refractivity contribution is -0.122. The van der Waals surface area contributed by atoms with Crippen LogP contribution in [0.3, 0.4) is 0 Å².